The molecular weight excluding hydrogens is 356 g/mol. The lowest BCUT2D eigenvalue weighted by atomic mass is 10.00. The van der Waals surface area contributed by atoms with Crippen molar-refractivity contribution in [3.05, 3.63) is 72.3 Å². The van der Waals surface area contributed by atoms with Crippen LogP contribution in [0.1, 0.15) is 23.2 Å². The topological polar surface area (TPSA) is 109 Å². The number of fused-ring (bicyclic) bond motifs is 1. The predicted octanol–water partition coefficient (Wildman–Crippen LogP) is 2.96. The lowest BCUT2D eigenvalue weighted by Gasteiger charge is -2.14. The van der Waals surface area contributed by atoms with Crippen molar-refractivity contribution in [1.29, 1.82) is 0 Å². The molecule has 0 aliphatic heterocycles. The molecule has 6 nitrogen and oxygen atoms in total. The third-order valence-corrected chi connectivity index (χ3v) is 4.53. The number of hydrogen-bond acceptors (Lipinski definition) is 3. The highest BCUT2D eigenvalue weighted by atomic mass is 16.4. The third kappa shape index (κ3) is 4.54. The van der Waals surface area contributed by atoms with Crippen molar-refractivity contribution in [3.63, 3.8) is 0 Å². The smallest absolute Gasteiger partial charge is 0.303 e. The summed E-state index contributed by atoms with van der Waals surface area (Å²) in [5.41, 5.74) is 7.60. The lowest BCUT2D eigenvalue weighted by molar-refractivity contribution is -0.137. The van der Waals surface area contributed by atoms with Crippen molar-refractivity contribution in [1.82, 2.24) is 5.32 Å². The number of hydrogen-bond donors (Lipinski definition) is 3. The van der Waals surface area contributed by atoms with Crippen LogP contribution in [0.3, 0.4) is 0 Å². The van der Waals surface area contributed by atoms with Gasteiger partial charge in [-0.25, -0.2) is 0 Å². The van der Waals surface area contributed by atoms with Gasteiger partial charge in [0.1, 0.15) is 6.04 Å². The fraction of sp³-hybridized carbons (Fsp3) is 0.136. The fourth-order valence-corrected chi connectivity index (χ4v) is 2.98. The zero-order chi connectivity index (χ0) is 20.1. The van der Waals surface area contributed by atoms with Gasteiger partial charge in [-0.1, -0.05) is 48.5 Å². The van der Waals surface area contributed by atoms with Crippen LogP contribution in [-0.4, -0.2) is 28.9 Å². The molecule has 0 heterocycles. The van der Waals surface area contributed by atoms with Gasteiger partial charge in [0.15, 0.2) is 0 Å². The molecule has 4 N–H and O–H groups in total. The van der Waals surface area contributed by atoms with Gasteiger partial charge in [-0.15, -0.1) is 0 Å². The summed E-state index contributed by atoms with van der Waals surface area (Å²) in [7, 11) is 0. The van der Waals surface area contributed by atoms with Gasteiger partial charge in [0.05, 0.1) is 0 Å². The Bertz CT molecular complexity index is 1030. The van der Waals surface area contributed by atoms with Gasteiger partial charge >= 0.3 is 5.97 Å². The van der Waals surface area contributed by atoms with Gasteiger partial charge in [-0.3, -0.25) is 14.4 Å². The summed E-state index contributed by atoms with van der Waals surface area (Å²) in [6, 6.07) is 20.2. The van der Waals surface area contributed by atoms with E-state index in [-0.39, 0.29) is 12.8 Å². The fourth-order valence-electron chi connectivity index (χ4n) is 2.98. The molecule has 142 valence electrons. The molecule has 1 atom stereocenters. The highest BCUT2D eigenvalue weighted by molar-refractivity contribution is 5.98. The number of aliphatic carboxylic acids is 1. The average molecular weight is 376 g/mol. The molecule has 0 aliphatic carbocycles. The molecule has 6 heteroatoms. The SMILES string of the molecule is NC(=O)[C@H](CCC(=O)O)NC(=O)c1ccc(-c2ccc3ccccc3c2)cc1. The molecular formula is C22H20N2O4. The van der Waals surface area contributed by atoms with Gasteiger partial charge < -0.3 is 16.2 Å². The summed E-state index contributed by atoms with van der Waals surface area (Å²) in [4.78, 5) is 34.5. The number of amides is 2. The Balaban J connectivity index is 1.74. The molecule has 0 saturated heterocycles. The van der Waals surface area contributed by atoms with Crippen LogP contribution >= 0.6 is 0 Å². The van der Waals surface area contributed by atoms with Crippen molar-refractivity contribution >= 4 is 28.6 Å². The molecule has 0 spiro atoms. The average Bonchev–Trinajstić information content (AvgIpc) is 2.70. The molecule has 0 fully saturated rings. The molecule has 0 radical (unpaired) electrons. The zero-order valence-electron chi connectivity index (χ0n) is 15.1. The van der Waals surface area contributed by atoms with E-state index in [0.717, 1.165) is 21.9 Å². The summed E-state index contributed by atoms with van der Waals surface area (Å²) in [5.74, 6) is -2.29. The van der Waals surface area contributed by atoms with E-state index in [9.17, 15) is 14.4 Å². The number of carbonyl (C=O) groups excluding carboxylic acids is 2. The Morgan fingerprint density at radius 2 is 1.54 bits per heavy atom. The first kappa shape index (κ1) is 19.1. The van der Waals surface area contributed by atoms with E-state index in [0.29, 0.717) is 5.56 Å². The Morgan fingerprint density at radius 1 is 0.893 bits per heavy atom. The number of rotatable bonds is 7. The molecule has 0 bridgehead atoms. The second-order valence-corrected chi connectivity index (χ2v) is 6.50. The van der Waals surface area contributed by atoms with Crippen LogP contribution in [0.25, 0.3) is 21.9 Å². The lowest BCUT2D eigenvalue weighted by Crippen LogP contribution is -2.44. The molecule has 2 amide bonds. The predicted molar refractivity (Wildman–Crippen MR) is 107 cm³/mol. The van der Waals surface area contributed by atoms with Crippen molar-refractivity contribution < 1.29 is 19.5 Å². The molecule has 0 aliphatic rings. The van der Waals surface area contributed by atoms with Gasteiger partial charge in [0, 0.05) is 12.0 Å². The summed E-state index contributed by atoms with van der Waals surface area (Å²) in [6.07, 6.45) is -0.305. The molecule has 0 aromatic heterocycles. The molecule has 3 aromatic rings. The van der Waals surface area contributed by atoms with Gasteiger partial charge in [-0.2, -0.15) is 0 Å². The monoisotopic (exact) mass is 376 g/mol. The molecule has 28 heavy (non-hydrogen) atoms. The zero-order valence-corrected chi connectivity index (χ0v) is 15.1. The first-order valence-electron chi connectivity index (χ1n) is 8.85. The van der Waals surface area contributed by atoms with Crippen LogP contribution in [0.5, 0.6) is 0 Å². The second-order valence-electron chi connectivity index (χ2n) is 6.50. The van der Waals surface area contributed by atoms with Gasteiger partial charge in [0.2, 0.25) is 5.91 Å². The molecule has 3 aromatic carbocycles. The normalized spacial score (nSPS) is 11.7. The van der Waals surface area contributed by atoms with Crippen molar-refractivity contribution in [2.45, 2.75) is 18.9 Å². The summed E-state index contributed by atoms with van der Waals surface area (Å²) < 4.78 is 0. The standard InChI is InChI=1S/C22H20N2O4/c23-21(27)19(11-12-20(25)26)24-22(28)16-8-5-15(6-9-16)18-10-7-14-3-1-2-4-17(14)13-18/h1-10,13,19H,11-12H2,(H2,23,27)(H,24,28)(H,25,26)/t19-/m0/s1. The van der Waals surface area contributed by atoms with Crippen LogP contribution in [0, 0.1) is 0 Å². The second kappa shape index (κ2) is 8.35. The number of benzene rings is 3. The summed E-state index contributed by atoms with van der Waals surface area (Å²) in [6.45, 7) is 0. The minimum absolute atomic E-state index is 0.0500. The maximum Gasteiger partial charge on any atom is 0.303 e. The van der Waals surface area contributed by atoms with E-state index in [1.807, 2.05) is 48.5 Å². The maximum atomic E-state index is 12.4. The number of carboxylic acid groups (broad SMARTS) is 1. The maximum absolute atomic E-state index is 12.4. The highest BCUT2D eigenvalue weighted by Crippen LogP contribution is 2.24. The largest absolute Gasteiger partial charge is 0.481 e. The van der Waals surface area contributed by atoms with Crippen molar-refractivity contribution in [3.8, 4) is 11.1 Å². The van der Waals surface area contributed by atoms with E-state index in [4.69, 9.17) is 10.8 Å². The number of nitrogens with two attached hydrogens (primary N) is 1. The Hall–Kier alpha value is -3.67. The number of nitrogens with one attached hydrogen (secondary N) is 1. The third-order valence-electron chi connectivity index (χ3n) is 4.53. The van der Waals surface area contributed by atoms with Crippen LogP contribution < -0.4 is 11.1 Å². The highest BCUT2D eigenvalue weighted by Gasteiger charge is 2.20. The van der Waals surface area contributed by atoms with E-state index < -0.39 is 23.8 Å². The Morgan fingerprint density at radius 3 is 2.18 bits per heavy atom. The van der Waals surface area contributed by atoms with Gasteiger partial charge in [-0.05, 0) is 46.5 Å². The van der Waals surface area contributed by atoms with Crippen LogP contribution in [0.2, 0.25) is 0 Å². The van der Waals surface area contributed by atoms with E-state index in [1.54, 1.807) is 12.1 Å². The number of carbonyl (C=O) groups is 3. The van der Waals surface area contributed by atoms with Gasteiger partial charge in [0.25, 0.3) is 5.91 Å². The Labute approximate surface area is 162 Å². The minimum Gasteiger partial charge on any atom is -0.481 e. The first-order chi connectivity index (χ1) is 13.4. The number of primary amides is 1. The summed E-state index contributed by atoms with van der Waals surface area (Å²) >= 11 is 0. The minimum atomic E-state index is -1.06. The van der Waals surface area contributed by atoms with Crippen molar-refractivity contribution in [2.75, 3.05) is 0 Å². The first-order valence-corrected chi connectivity index (χ1v) is 8.85. The molecule has 0 unspecified atom stereocenters. The van der Waals surface area contributed by atoms with E-state index in [2.05, 4.69) is 11.4 Å². The van der Waals surface area contributed by atoms with Crippen LogP contribution in [0.4, 0.5) is 0 Å². The molecule has 3 rings (SSSR count). The van der Waals surface area contributed by atoms with Crippen molar-refractivity contribution in [2.24, 2.45) is 5.73 Å². The molecule has 0 saturated carbocycles. The van der Waals surface area contributed by atoms with Crippen LogP contribution in [-0.2, 0) is 9.59 Å². The summed E-state index contributed by atoms with van der Waals surface area (Å²) in [5, 5.41) is 13.5. The van der Waals surface area contributed by atoms with E-state index >= 15 is 0 Å². The van der Waals surface area contributed by atoms with Crippen LogP contribution in [0.15, 0.2) is 66.7 Å². The van der Waals surface area contributed by atoms with E-state index in [1.165, 1.54) is 0 Å². The Kier molecular flexibility index (Phi) is 5.69. The quantitative estimate of drug-likeness (QED) is 0.589. The number of carboxylic acids is 1.